The zero-order valence-corrected chi connectivity index (χ0v) is 15.9. The molecule has 0 unspecified atom stereocenters. The van der Waals surface area contributed by atoms with Crippen LogP contribution >= 0.6 is 11.6 Å². The number of ether oxygens (including phenoxy) is 1. The lowest BCUT2D eigenvalue weighted by molar-refractivity contribution is 0.0635. The highest BCUT2D eigenvalue weighted by molar-refractivity contribution is 6.28. The fourth-order valence-corrected chi connectivity index (χ4v) is 2.78. The molecular weight excluding hydrogens is 361 g/mol. The molecule has 0 atom stereocenters. The van der Waals surface area contributed by atoms with Crippen LogP contribution in [0.2, 0.25) is 5.28 Å². The number of aromatic nitrogens is 4. The Kier molecular flexibility index (Phi) is 4.88. The third kappa shape index (κ3) is 4.30. The molecule has 1 N–H and O–H groups in total. The molecule has 0 aliphatic heterocycles. The van der Waals surface area contributed by atoms with Crippen LogP contribution in [-0.4, -0.2) is 31.4 Å². The van der Waals surface area contributed by atoms with E-state index in [1.807, 2.05) is 0 Å². The molecule has 0 saturated heterocycles. The van der Waals surface area contributed by atoms with E-state index >= 15 is 0 Å². The van der Waals surface area contributed by atoms with Crippen molar-refractivity contribution in [1.29, 1.82) is 0 Å². The third-order valence-corrected chi connectivity index (χ3v) is 4.10. The molecule has 1 aliphatic carbocycles. The first-order valence-electron chi connectivity index (χ1n) is 8.38. The van der Waals surface area contributed by atoms with E-state index in [1.54, 1.807) is 32.5 Å². The smallest absolute Gasteiger partial charge is 0.413 e. The number of hydrogen-bond donors (Lipinski definition) is 1. The molecule has 1 amide bonds. The Morgan fingerprint density at radius 1 is 1.46 bits per heavy atom. The van der Waals surface area contributed by atoms with Crippen LogP contribution in [0.3, 0.4) is 0 Å². The largest absolute Gasteiger partial charge is 0.444 e. The maximum atomic E-state index is 14.4. The summed E-state index contributed by atoms with van der Waals surface area (Å²) >= 11 is 5.86. The van der Waals surface area contributed by atoms with Gasteiger partial charge in [-0.15, -0.1) is 0 Å². The SMILES string of the molecule is Cn1nc(NC(=O)OC(C)(C)C)c(-c2nc(Cl)ncc2F)c1CC1CC1. The van der Waals surface area contributed by atoms with Crippen molar-refractivity contribution in [3.05, 3.63) is 23.0 Å². The monoisotopic (exact) mass is 381 g/mol. The predicted molar refractivity (Wildman–Crippen MR) is 95.5 cm³/mol. The van der Waals surface area contributed by atoms with Gasteiger partial charge >= 0.3 is 6.09 Å². The van der Waals surface area contributed by atoms with Gasteiger partial charge in [0.15, 0.2) is 11.6 Å². The first kappa shape index (κ1) is 18.6. The van der Waals surface area contributed by atoms with Crippen molar-refractivity contribution in [2.75, 3.05) is 5.32 Å². The van der Waals surface area contributed by atoms with Gasteiger partial charge in [-0.3, -0.25) is 10.00 Å². The van der Waals surface area contributed by atoms with Gasteiger partial charge in [0.05, 0.1) is 17.5 Å². The summed E-state index contributed by atoms with van der Waals surface area (Å²) in [6, 6.07) is 0. The molecule has 1 fully saturated rings. The number of aryl methyl sites for hydroxylation is 1. The summed E-state index contributed by atoms with van der Waals surface area (Å²) < 4.78 is 21.3. The molecule has 0 spiro atoms. The van der Waals surface area contributed by atoms with Crippen molar-refractivity contribution in [3.8, 4) is 11.3 Å². The van der Waals surface area contributed by atoms with E-state index in [0.29, 0.717) is 11.5 Å². The molecule has 0 aromatic carbocycles. The molecular formula is C17H21ClFN5O2. The predicted octanol–water partition coefficient (Wildman–Crippen LogP) is 3.97. The van der Waals surface area contributed by atoms with Crippen molar-refractivity contribution in [2.45, 2.75) is 45.6 Å². The summed E-state index contributed by atoms with van der Waals surface area (Å²) in [6.45, 7) is 5.27. The molecule has 0 radical (unpaired) electrons. The fraction of sp³-hybridized carbons (Fsp3) is 0.529. The van der Waals surface area contributed by atoms with Crippen LogP contribution in [0.5, 0.6) is 0 Å². The van der Waals surface area contributed by atoms with Crippen molar-refractivity contribution >= 4 is 23.5 Å². The summed E-state index contributed by atoms with van der Waals surface area (Å²) in [5.41, 5.74) is 0.540. The average molecular weight is 382 g/mol. The summed E-state index contributed by atoms with van der Waals surface area (Å²) in [5.74, 6) is 0.0802. The number of amides is 1. The van der Waals surface area contributed by atoms with Gasteiger partial charge in [-0.1, -0.05) is 0 Å². The van der Waals surface area contributed by atoms with E-state index in [4.69, 9.17) is 16.3 Å². The zero-order chi connectivity index (χ0) is 19.1. The fourth-order valence-electron chi connectivity index (χ4n) is 2.65. The standard InChI is InChI=1S/C17H21ClFN5O2/c1-17(2,3)26-16(25)22-14-12(13-10(19)8-20-15(18)21-13)11(24(4)23-14)7-9-5-6-9/h8-9H,5-7H2,1-4H3,(H,22,23,25). The number of carbonyl (C=O) groups is 1. The number of carbonyl (C=O) groups excluding carboxylic acids is 1. The number of anilines is 1. The number of nitrogens with zero attached hydrogens (tertiary/aromatic N) is 4. The van der Waals surface area contributed by atoms with Gasteiger partial charge in [-0.25, -0.2) is 19.2 Å². The first-order chi connectivity index (χ1) is 12.1. The van der Waals surface area contributed by atoms with Crippen molar-refractivity contribution in [2.24, 2.45) is 13.0 Å². The topological polar surface area (TPSA) is 81.9 Å². The Labute approximate surface area is 155 Å². The lowest BCUT2D eigenvalue weighted by atomic mass is 10.1. The van der Waals surface area contributed by atoms with Gasteiger partial charge in [-0.05, 0) is 57.6 Å². The lowest BCUT2D eigenvalue weighted by Gasteiger charge is -2.19. The van der Waals surface area contributed by atoms with Crippen molar-refractivity contribution < 1.29 is 13.9 Å². The molecule has 2 heterocycles. The molecule has 3 rings (SSSR count). The van der Waals surface area contributed by atoms with Crippen LogP contribution in [0.1, 0.15) is 39.3 Å². The van der Waals surface area contributed by atoms with E-state index in [9.17, 15) is 9.18 Å². The van der Waals surface area contributed by atoms with E-state index in [0.717, 1.165) is 31.2 Å². The number of rotatable bonds is 4. The Morgan fingerprint density at radius 3 is 2.77 bits per heavy atom. The average Bonchev–Trinajstić information content (AvgIpc) is 3.26. The molecule has 1 aliphatic rings. The van der Waals surface area contributed by atoms with Gasteiger partial charge in [0.1, 0.15) is 11.3 Å². The van der Waals surface area contributed by atoms with Gasteiger partial charge in [-0.2, -0.15) is 5.10 Å². The summed E-state index contributed by atoms with van der Waals surface area (Å²) in [4.78, 5) is 19.9. The van der Waals surface area contributed by atoms with E-state index in [-0.39, 0.29) is 16.8 Å². The number of hydrogen-bond acceptors (Lipinski definition) is 5. The summed E-state index contributed by atoms with van der Waals surface area (Å²) in [6.07, 6.45) is 3.29. The molecule has 2 aromatic heterocycles. The highest BCUT2D eigenvalue weighted by Gasteiger charge is 2.30. The second-order valence-corrected chi connectivity index (χ2v) is 7.74. The number of halogens is 2. The van der Waals surface area contributed by atoms with E-state index in [2.05, 4.69) is 20.4 Å². The highest BCUT2D eigenvalue weighted by atomic mass is 35.5. The van der Waals surface area contributed by atoms with Crippen molar-refractivity contribution in [3.63, 3.8) is 0 Å². The number of nitrogens with one attached hydrogen (secondary N) is 1. The van der Waals surface area contributed by atoms with Crippen LogP contribution < -0.4 is 5.32 Å². The third-order valence-electron chi connectivity index (χ3n) is 3.92. The maximum Gasteiger partial charge on any atom is 0.413 e. The van der Waals surface area contributed by atoms with Crippen LogP contribution in [0, 0.1) is 11.7 Å². The Bertz CT molecular complexity index is 842. The van der Waals surface area contributed by atoms with Gasteiger partial charge in [0.25, 0.3) is 0 Å². The minimum absolute atomic E-state index is 0.0137. The van der Waals surface area contributed by atoms with E-state index < -0.39 is 17.5 Å². The second kappa shape index (κ2) is 6.83. The Balaban J connectivity index is 2.03. The Hall–Kier alpha value is -2.22. The normalized spacial score (nSPS) is 14.4. The molecule has 2 aromatic rings. The zero-order valence-electron chi connectivity index (χ0n) is 15.1. The summed E-state index contributed by atoms with van der Waals surface area (Å²) in [5, 5.41) is 6.87. The Morgan fingerprint density at radius 2 is 2.15 bits per heavy atom. The molecule has 1 saturated carbocycles. The van der Waals surface area contributed by atoms with Gasteiger partial charge < -0.3 is 4.74 Å². The minimum atomic E-state index is -0.671. The summed E-state index contributed by atoms with van der Waals surface area (Å²) in [7, 11) is 1.75. The second-order valence-electron chi connectivity index (χ2n) is 7.40. The quantitative estimate of drug-likeness (QED) is 0.810. The molecule has 7 nitrogen and oxygen atoms in total. The van der Waals surface area contributed by atoms with Crippen LogP contribution in [0.25, 0.3) is 11.3 Å². The first-order valence-corrected chi connectivity index (χ1v) is 8.76. The highest BCUT2D eigenvalue weighted by Crippen LogP contribution is 2.39. The maximum absolute atomic E-state index is 14.4. The van der Waals surface area contributed by atoms with Crippen molar-refractivity contribution in [1.82, 2.24) is 19.7 Å². The van der Waals surface area contributed by atoms with Crippen LogP contribution in [-0.2, 0) is 18.2 Å². The van der Waals surface area contributed by atoms with Gasteiger partial charge in [0.2, 0.25) is 5.28 Å². The van der Waals surface area contributed by atoms with Crippen LogP contribution in [0.15, 0.2) is 6.20 Å². The van der Waals surface area contributed by atoms with Gasteiger partial charge in [0, 0.05) is 7.05 Å². The molecule has 0 bridgehead atoms. The lowest BCUT2D eigenvalue weighted by Crippen LogP contribution is -2.27. The van der Waals surface area contributed by atoms with E-state index in [1.165, 1.54) is 0 Å². The molecule has 9 heteroatoms. The van der Waals surface area contributed by atoms with Crippen LogP contribution in [0.4, 0.5) is 15.0 Å². The molecule has 140 valence electrons. The molecule has 26 heavy (non-hydrogen) atoms. The minimum Gasteiger partial charge on any atom is -0.444 e.